The second-order valence-corrected chi connectivity index (χ2v) is 4.30. The lowest BCUT2D eigenvalue weighted by Gasteiger charge is -2.07. The van der Waals surface area contributed by atoms with Gasteiger partial charge in [0.1, 0.15) is 12.1 Å². The van der Waals surface area contributed by atoms with Crippen LogP contribution in [0, 0.1) is 6.92 Å². The van der Waals surface area contributed by atoms with Crippen molar-refractivity contribution < 1.29 is 5.11 Å². The Morgan fingerprint density at radius 1 is 1.41 bits per heavy atom. The van der Waals surface area contributed by atoms with Crippen LogP contribution in [0.15, 0.2) is 30.5 Å². The number of hydrogen-bond donors (Lipinski definition) is 1. The fraction of sp³-hybridized carbons (Fsp3) is 0.357. The van der Waals surface area contributed by atoms with Crippen LogP contribution in [0.5, 0.6) is 0 Å². The third kappa shape index (κ3) is 2.39. The number of aliphatic hydroxyl groups is 1. The number of aliphatic hydroxyl groups excluding tert-OH is 1. The van der Waals surface area contributed by atoms with Gasteiger partial charge in [-0.15, -0.1) is 0 Å². The van der Waals surface area contributed by atoms with Crippen molar-refractivity contribution in [2.75, 3.05) is 0 Å². The van der Waals surface area contributed by atoms with Crippen LogP contribution in [-0.2, 0) is 6.42 Å². The highest BCUT2D eigenvalue weighted by Gasteiger charge is 2.10. The number of benzene rings is 1. The van der Waals surface area contributed by atoms with Gasteiger partial charge in [0.05, 0.1) is 5.69 Å². The largest absolute Gasteiger partial charge is 0.374 e. The Kier molecular flexibility index (Phi) is 3.29. The van der Waals surface area contributed by atoms with Crippen LogP contribution in [0.3, 0.4) is 0 Å². The average molecular weight is 230 g/mol. The van der Waals surface area contributed by atoms with Gasteiger partial charge >= 0.3 is 0 Å². The van der Waals surface area contributed by atoms with Gasteiger partial charge in [0.2, 0.25) is 0 Å². The molecular formula is C14H18N2O. The van der Waals surface area contributed by atoms with E-state index in [1.165, 1.54) is 5.56 Å². The molecule has 1 aromatic carbocycles. The topological polar surface area (TPSA) is 38.0 Å². The van der Waals surface area contributed by atoms with Crippen LogP contribution in [0.4, 0.5) is 0 Å². The number of hydrogen-bond acceptors (Lipinski definition) is 2. The lowest BCUT2D eigenvalue weighted by Crippen LogP contribution is -2.06. The van der Waals surface area contributed by atoms with Gasteiger partial charge < -0.3 is 9.67 Å². The fourth-order valence-corrected chi connectivity index (χ4v) is 1.96. The third-order valence-corrected chi connectivity index (χ3v) is 2.84. The zero-order valence-electron chi connectivity index (χ0n) is 10.5. The molecule has 0 radical (unpaired) electrons. The summed E-state index contributed by atoms with van der Waals surface area (Å²) in [6.07, 6.45) is 2.20. The number of aromatic nitrogens is 2. The molecule has 0 spiro atoms. The zero-order valence-corrected chi connectivity index (χ0v) is 10.5. The van der Waals surface area contributed by atoms with E-state index >= 15 is 0 Å². The van der Waals surface area contributed by atoms with Crippen molar-refractivity contribution in [3.8, 4) is 11.3 Å². The first kappa shape index (κ1) is 11.9. The third-order valence-electron chi connectivity index (χ3n) is 2.84. The van der Waals surface area contributed by atoms with Gasteiger partial charge in [0.15, 0.2) is 0 Å². The van der Waals surface area contributed by atoms with E-state index in [1.807, 2.05) is 29.8 Å². The first-order chi connectivity index (χ1) is 8.11. The first-order valence-electron chi connectivity index (χ1n) is 5.94. The summed E-state index contributed by atoms with van der Waals surface area (Å²) < 4.78 is 1.82. The van der Waals surface area contributed by atoms with Crippen LogP contribution in [0.1, 0.15) is 31.5 Å². The van der Waals surface area contributed by atoms with Crippen molar-refractivity contribution >= 4 is 0 Å². The van der Waals surface area contributed by atoms with Gasteiger partial charge in [-0.25, -0.2) is 4.98 Å². The molecule has 0 saturated carbocycles. The average Bonchev–Trinajstić information content (AvgIpc) is 2.73. The van der Waals surface area contributed by atoms with E-state index in [9.17, 15) is 5.11 Å². The molecule has 1 atom stereocenters. The number of aryl methyl sites for hydroxylation is 2. The van der Waals surface area contributed by atoms with E-state index in [0.29, 0.717) is 0 Å². The minimum Gasteiger partial charge on any atom is -0.374 e. The molecule has 0 aliphatic heterocycles. The van der Waals surface area contributed by atoms with Gasteiger partial charge in [-0.2, -0.15) is 0 Å². The maximum Gasteiger partial charge on any atom is 0.129 e. The molecule has 1 N–H and O–H groups in total. The smallest absolute Gasteiger partial charge is 0.129 e. The van der Waals surface area contributed by atoms with Crippen molar-refractivity contribution in [3.05, 3.63) is 41.9 Å². The Labute approximate surface area is 102 Å². The fourth-order valence-electron chi connectivity index (χ4n) is 1.96. The Morgan fingerprint density at radius 2 is 2.18 bits per heavy atom. The summed E-state index contributed by atoms with van der Waals surface area (Å²) in [4.78, 5) is 4.56. The second kappa shape index (κ2) is 4.72. The van der Waals surface area contributed by atoms with Gasteiger partial charge in [0.25, 0.3) is 0 Å². The van der Waals surface area contributed by atoms with E-state index in [0.717, 1.165) is 23.5 Å². The minimum atomic E-state index is -0.531. The molecule has 0 saturated heterocycles. The van der Waals surface area contributed by atoms with Crippen LogP contribution in [-0.4, -0.2) is 14.7 Å². The van der Waals surface area contributed by atoms with Crippen LogP contribution in [0.25, 0.3) is 11.3 Å². The summed E-state index contributed by atoms with van der Waals surface area (Å²) in [5, 5.41) is 9.67. The highest BCUT2D eigenvalue weighted by Crippen LogP contribution is 2.21. The number of nitrogens with zero attached hydrogens (tertiary/aromatic N) is 2. The molecule has 2 aromatic rings. The SMILES string of the molecule is CCc1nc(-c2cccc(C)c2)cn1C(C)O. The summed E-state index contributed by atoms with van der Waals surface area (Å²) in [6.45, 7) is 5.86. The normalized spacial score (nSPS) is 12.7. The molecule has 90 valence electrons. The highest BCUT2D eigenvalue weighted by molar-refractivity contribution is 5.59. The maximum absolute atomic E-state index is 9.67. The van der Waals surface area contributed by atoms with E-state index in [4.69, 9.17) is 0 Å². The standard InChI is InChI=1S/C14H18N2O/c1-4-14-15-13(9-16(14)11(3)17)12-7-5-6-10(2)8-12/h5-9,11,17H,4H2,1-3H3. The maximum atomic E-state index is 9.67. The van der Waals surface area contributed by atoms with Gasteiger partial charge in [0, 0.05) is 18.2 Å². The highest BCUT2D eigenvalue weighted by atomic mass is 16.3. The Bertz CT molecular complexity index is 515. The summed E-state index contributed by atoms with van der Waals surface area (Å²) in [5.41, 5.74) is 3.23. The van der Waals surface area contributed by atoms with E-state index in [-0.39, 0.29) is 0 Å². The Hall–Kier alpha value is -1.61. The number of imidazole rings is 1. The monoisotopic (exact) mass is 230 g/mol. The Balaban J connectivity index is 2.46. The van der Waals surface area contributed by atoms with Gasteiger partial charge in [-0.3, -0.25) is 0 Å². The van der Waals surface area contributed by atoms with E-state index in [2.05, 4.69) is 24.0 Å². The zero-order chi connectivity index (χ0) is 12.4. The van der Waals surface area contributed by atoms with Crippen molar-refractivity contribution in [2.24, 2.45) is 0 Å². The van der Waals surface area contributed by atoms with Crippen molar-refractivity contribution in [1.82, 2.24) is 9.55 Å². The molecular weight excluding hydrogens is 212 g/mol. The molecule has 3 nitrogen and oxygen atoms in total. The summed E-state index contributed by atoms with van der Waals surface area (Å²) in [5.74, 6) is 0.913. The molecule has 1 heterocycles. The summed E-state index contributed by atoms with van der Waals surface area (Å²) in [6, 6.07) is 8.24. The quantitative estimate of drug-likeness (QED) is 0.880. The predicted molar refractivity (Wildman–Crippen MR) is 68.7 cm³/mol. The molecule has 1 unspecified atom stereocenters. The molecule has 17 heavy (non-hydrogen) atoms. The first-order valence-corrected chi connectivity index (χ1v) is 5.94. The summed E-state index contributed by atoms with van der Waals surface area (Å²) in [7, 11) is 0. The lowest BCUT2D eigenvalue weighted by molar-refractivity contribution is 0.121. The molecule has 1 aromatic heterocycles. The van der Waals surface area contributed by atoms with Crippen molar-refractivity contribution in [1.29, 1.82) is 0 Å². The van der Waals surface area contributed by atoms with Crippen LogP contribution >= 0.6 is 0 Å². The number of rotatable bonds is 3. The van der Waals surface area contributed by atoms with Crippen LogP contribution in [0.2, 0.25) is 0 Å². The Morgan fingerprint density at radius 3 is 2.71 bits per heavy atom. The minimum absolute atomic E-state index is 0.531. The van der Waals surface area contributed by atoms with Crippen LogP contribution < -0.4 is 0 Å². The van der Waals surface area contributed by atoms with Crippen molar-refractivity contribution in [2.45, 2.75) is 33.4 Å². The van der Waals surface area contributed by atoms with Gasteiger partial charge in [-0.1, -0.05) is 30.7 Å². The van der Waals surface area contributed by atoms with E-state index in [1.54, 1.807) is 6.92 Å². The second-order valence-electron chi connectivity index (χ2n) is 4.30. The molecule has 0 bridgehead atoms. The molecule has 0 fully saturated rings. The molecule has 0 aliphatic rings. The predicted octanol–water partition coefficient (Wildman–Crippen LogP) is 2.93. The van der Waals surface area contributed by atoms with Crippen molar-refractivity contribution in [3.63, 3.8) is 0 Å². The molecule has 3 heteroatoms. The van der Waals surface area contributed by atoms with Gasteiger partial charge in [-0.05, 0) is 19.9 Å². The molecule has 0 amide bonds. The molecule has 0 aliphatic carbocycles. The lowest BCUT2D eigenvalue weighted by atomic mass is 10.1. The molecule has 2 rings (SSSR count). The van der Waals surface area contributed by atoms with E-state index < -0.39 is 6.23 Å². The summed E-state index contributed by atoms with van der Waals surface area (Å²) >= 11 is 0.